The Hall–Kier alpha value is -2.34. The Bertz CT molecular complexity index is 906. The van der Waals surface area contributed by atoms with Crippen molar-refractivity contribution >= 4 is 16.7 Å². The minimum atomic E-state index is 0.657. The molecule has 1 saturated heterocycles. The third-order valence-corrected chi connectivity index (χ3v) is 5.58. The Labute approximate surface area is 154 Å². The van der Waals surface area contributed by atoms with Gasteiger partial charge in [-0.3, -0.25) is 0 Å². The summed E-state index contributed by atoms with van der Waals surface area (Å²) in [7, 11) is 0. The molecule has 3 heterocycles. The fraction of sp³-hybridized carbons (Fsp3) is 0.500. The lowest BCUT2D eigenvalue weighted by atomic mass is 9.97. The molecule has 2 N–H and O–H groups in total. The SMILES string of the molecule is CCN1CCCC(Cn2cnc3c(N)cc(-c4c(C)noc4C)cc32)C1. The molecule has 2 aromatic heterocycles. The lowest BCUT2D eigenvalue weighted by Crippen LogP contribution is -2.36. The van der Waals surface area contributed by atoms with Crippen molar-refractivity contribution in [3.63, 3.8) is 0 Å². The van der Waals surface area contributed by atoms with Gasteiger partial charge in [0.05, 0.1) is 23.2 Å². The van der Waals surface area contributed by atoms with Crippen LogP contribution in [-0.2, 0) is 6.54 Å². The molecule has 0 radical (unpaired) electrons. The zero-order chi connectivity index (χ0) is 18.3. The Morgan fingerprint density at radius 2 is 2.15 bits per heavy atom. The van der Waals surface area contributed by atoms with Crippen LogP contribution in [0.4, 0.5) is 5.69 Å². The number of piperidine rings is 1. The number of aromatic nitrogens is 3. The molecule has 0 spiro atoms. The molecule has 0 bridgehead atoms. The van der Waals surface area contributed by atoms with Crippen molar-refractivity contribution < 1.29 is 4.52 Å². The van der Waals surface area contributed by atoms with Crippen molar-refractivity contribution in [3.8, 4) is 11.1 Å². The van der Waals surface area contributed by atoms with E-state index in [1.807, 2.05) is 26.2 Å². The number of aryl methyl sites for hydroxylation is 2. The Morgan fingerprint density at radius 1 is 1.31 bits per heavy atom. The second-order valence-corrected chi connectivity index (χ2v) is 7.43. The van der Waals surface area contributed by atoms with E-state index in [9.17, 15) is 0 Å². The van der Waals surface area contributed by atoms with Crippen LogP contribution in [0.3, 0.4) is 0 Å². The van der Waals surface area contributed by atoms with Crippen molar-refractivity contribution in [3.05, 3.63) is 29.9 Å². The number of nitrogens with zero attached hydrogens (tertiary/aromatic N) is 4. The largest absolute Gasteiger partial charge is 0.397 e. The van der Waals surface area contributed by atoms with Gasteiger partial charge in [0.15, 0.2) is 0 Å². The van der Waals surface area contributed by atoms with Gasteiger partial charge in [0.25, 0.3) is 0 Å². The van der Waals surface area contributed by atoms with Gasteiger partial charge in [-0.25, -0.2) is 4.98 Å². The standard InChI is InChI=1S/C20H27N5O/c1-4-24-7-5-6-15(10-24)11-25-12-22-20-17(21)8-16(9-18(20)25)19-13(2)23-26-14(19)3/h8-9,12,15H,4-7,10-11,21H2,1-3H3. The quantitative estimate of drug-likeness (QED) is 0.725. The van der Waals surface area contributed by atoms with E-state index in [1.54, 1.807) is 0 Å². The number of fused-ring (bicyclic) bond motifs is 1. The predicted molar refractivity (Wildman–Crippen MR) is 104 cm³/mol. The maximum Gasteiger partial charge on any atom is 0.141 e. The molecule has 1 atom stereocenters. The Kier molecular flexibility index (Phi) is 4.44. The van der Waals surface area contributed by atoms with Crippen LogP contribution in [-0.4, -0.2) is 39.2 Å². The molecule has 4 rings (SSSR count). The number of rotatable bonds is 4. The first kappa shape index (κ1) is 17.1. The fourth-order valence-corrected chi connectivity index (χ4v) is 4.24. The van der Waals surface area contributed by atoms with Gasteiger partial charge in [-0.05, 0) is 63.4 Å². The van der Waals surface area contributed by atoms with E-state index in [4.69, 9.17) is 10.3 Å². The zero-order valence-electron chi connectivity index (χ0n) is 15.8. The minimum Gasteiger partial charge on any atom is -0.397 e. The molecule has 6 nitrogen and oxygen atoms in total. The highest BCUT2D eigenvalue weighted by Gasteiger charge is 2.21. The van der Waals surface area contributed by atoms with E-state index in [-0.39, 0.29) is 0 Å². The van der Waals surface area contributed by atoms with E-state index >= 15 is 0 Å². The van der Waals surface area contributed by atoms with Crippen molar-refractivity contribution in [2.24, 2.45) is 5.92 Å². The number of nitrogens with two attached hydrogens (primary N) is 1. The monoisotopic (exact) mass is 353 g/mol. The van der Waals surface area contributed by atoms with Crippen molar-refractivity contribution in [1.82, 2.24) is 19.6 Å². The van der Waals surface area contributed by atoms with Gasteiger partial charge < -0.3 is 19.7 Å². The van der Waals surface area contributed by atoms with Crippen LogP contribution in [0.2, 0.25) is 0 Å². The average molecular weight is 353 g/mol. The fourth-order valence-electron chi connectivity index (χ4n) is 4.24. The molecule has 1 aliphatic heterocycles. The summed E-state index contributed by atoms with van der Waals surface area (Å²) in [6.07, 6.45) is 4.48. The minimum absolute atomic E-state index is 0.657. The number of benzene rings is 1. The third kappa shape index (κ3) is 2.98. The summed E-state index contributed by atoms with van der Waals surface area (Å²) in [6.45, 7) is 10.6. The van der Waals surface area contributed by atoms with Crippen molar-refractivity contribution in [2.45, 2.75) is 40.2 Å². The van der Waals surface area contributed by atoms with Crippen LogP contribution in [0.15, 0.2) is 23.0 Å². The van der Waals surface area contributed by atoms with Gasteiger partial charge in [0, 0.05) is 18.7 Å². The molecular weight excluding hydrogens is 326 g/mol. The van der Waals surface area contributed by atoms with Gasteiger partial charge >= 0.3 is 0 Å². The predicted octanol–water partition coefficient (Wildman–Crippen LogP) is 3.62. The average Bonchev–Trinajstić information content (AvgIpc) is 3.18. The topological polar surface area (TPSA) is 73.1 Å². The molecule has 1 fully saturated rings. The van der Waals surface area contributed by atoms with Gasteiger partial charge in [-0.15, -0.1) is 0 Å². The molecule has 1 aliphatic rings. The van der Waals surface area contributed by atoms with E-state index in [1.165, 1.54) is 19.4 Å². The molecule has 0 amide bonds. The number of hydrogen-bond donors (Lipinski definition) is 1. The number of likely N-dealkylation sites (tertiary alicyclic amines) is 1. The van der Waals surface area contributed by atoms with Crippen molar-refractivity contribution in [1.29, 1.82) is 0 Å². The zero-order valence-corrected chi connectivity index (χ0v) is 15.8. The van der Waals surface area contributed by atoms with Crippen LogP contribution < -0.4 is 5.73 Å². The maximum atomic E-state index is 6.32. The maximum absolute atomic E-state index is 6.32. The summed E-state index contributed by atoms with van der Waals surface area (Å²) < 4.78 is 7.60. The Balaban J connectivity index is 1.70. The normalized spacial score (nSPS) is 18.7. The number of anilines is 1. The van der Waals surface area contributed by atoms with E-state index in [2.05, 4.69) is 32.6 Å². The van der Waals surface area contributed by atoms with Crippen LogP contribution in [0.1, 0.15) is 31.2 Å². The second kappa shape index (κ2) is 6.76. The summed E-state index contributed by atoms with van der Waals surface area (Å²) in [6, 6.07) is 4.15. The summed E-state index contributed by atoms with van der Waals surface area (Å²) in [4.78, 5) is 7.11. The second-order valence-electron chi connectivity index (χ2n) is 7.43. The molecule has 6 heteroatoms. The summed E-state index contributed by atoms with van der Waals surface area (Å²) in [5.41, 5.74) is 12.0. The van der Waals surface area contributed by atoms with E-state index < -0.39 is 0 Å². The van der Waals surface area contributed by atoms with Gasteiger partial charge in [-0.1, -0.05) is 12.1 Å². The third-order valence-electron chi connectivity index (χ3n) is 5.58. The number of nitrogen functional groups attached to an aromatic ring is 1. The van der Waals surface area contributed by atoms with E-state index in [0.29, 0.717) is 11.6 Å². The number of imidazole rings is 1. The molecular formula is C20H27N5O. The lowest BCUT2D eigenvalue weighted by Gasteiger charge is -2.32. The molecule has 1 unspecified atom stereocenters. The molecule has 0 saturated carbocycles. The molecule has 26 heavy (non-hydrogen) atoms. The van der Waals surface area contributed by atoms with Gasteiger partial charge in [0.1, 0.15) is 11.3 Å². The van der Waals surface area contributed by atoms with E-state index in [0.717, 1.165) is 53.2 Å². The highest BCUT2D eigenvalue weighted by Crippen LogP contribution is 2.33. The summed E-state index contributed by atoms with van der Waals surface area (Å²) in [5.74, 6) is 1.48. The first-order valence-corrected chi connectivity index (χ1v) is 9.46. The summed E-state index contributed by atoms with van der Waals surface area (Å²) >= 11 is 0. The highest BCUT2D eigenvalue weighted by atomic mass is 16.5. The first-order chi connectivity index (χ1) is 12.6. The molecule has 3 aromatic rings. The smallest absolute Gasteiger partial charge is 0.141 e. The molecule has 1 aromatic carbocycles. The van der Waals surface area contributed by atoms with Gasteiger partial charge in [-0.2, -0.15) is 0 Å². The highest BCUT2D eigenvalue weighted by molar-refractivity contribution is 5.92. The van der Waals surface area contributed by atoms with Crippen LogP contribution in [0.25, 0.3) is 22.2 Å². The van der Waals surface area contributed by atoms with Crippen LogP contribution in [0.5, 0.6) is 0 Å². The van der Waals surface area contributed by atoms with Crippen molar-refractivity contribution in [2.75, 3.05) is 25.4 Å². The van der Waals surface area contributed by atoms with Gasteiger partial charge in [0.2, 0.25) is 0 Å². The van der Waals surface area contributed by atoms with Crippen LogP contribution >= 0.6 is 0 Å². The molecule has 0 aliphatic carbocycles. The lowest BCUT2D eigenvalue weighted by molar-refractivity contribution is 0.171. The summed E-state index contributed by atoms with van der Waals surface area (Å²) in [5, 5.41) is 4.08. The molecule has 138 valence electrons. The Morgan fingerprint density at radius 3 is 2.88 bits per heavy atom. The van der Waals surface area contributed by atoms with Crippen LogP contribution in [0, 0.1) is 19.8 Å². The first-order valence-electron chi connectivity index (χ1n) is 9.46. The number of hydrogen-bond acceptors (Lipinski definition) is 5.